The molecule has 7 atom stereocenters. The summed E-state index contributed by atoms with van der Waals surface area (Å²) in [6.45, 7) is 5.81. The zero-order valence-corrected chi connectivity index (χ0v) is 16.9. The fourth-order valence-corrected chi connectivity index (χ4v) is 8.27. The molecule has 0 aliphatic heterocycles. The number of hydrogen-bond donors (Lipinski definition) is 2. The van der Waals surface area contributed by atoms with E-state index in [0.29, 0.717) is 12.3 Å². The van der Waals surface area contributed by atoms with Crippen molar-refractivity contribution in [3.05, 3.63) is 0 Å². The van der Waals surface area contributed by atoms with Crippen molar-refractivity contribution in [3.63, 3.8) is 0 Å². The van der Waals surface area contributed by atoms with Gasteiger partial charge in [0.1, 0.15) is 12.2 Å². The average Bonchev–Trinajstić information content (AvgIpc) is 2.79. The van der Waals surface area contributed by atoms with Gasteiger partial charge in [-0.05, 0) is 86.9 Å². The van der Waals surface area contributed by atoms with Gasteiger partial charge in [-0.25, -0.2) is 0 Å². The van der Waals surface area contributed by atoms with Gasteiger partial charge < -0.3 is 14.9 Å². The van der Waals surface area contributed by atoms with Gasteiger partial charge in [-0.15, -0.1) is 0 Å². The summed E-state index contributed by atoms with van der Waals surface area (Å²) >= 11 is 0. The molecule has 4 rings (SSSR count). The van der Waals surface area contributed by atoms with E-state index in [1.807, 2.05) is 6.92 Å². The summed E-state index contributed by atoms with van der Waals surface area (Å²) in [7, 11) is 0. The number of carbonyl (C=O) groups is 2. The third-order valence-electron chi connectivity index (χ3n) is 9.33. The van der Waals surface area contributed by atoms with E-state index in [9.17, 15) is 19.8 Å². The highest BCUT2D eigenvalue weighted by Gasteiger charge is 2.68. The number of hydrogen-bond acceptors (Lipinski definition) is 4. The largest absolute Gasteiger partial charge is 0.481 e. The predicted octanol–water partition coefficient (Wildman–Crippen LogP) is 3.78. The van der Waals surface area contributed by atoms with Gasteiger partial charge in [0.15, 0.2) is 0 Å². The van der Waals surface area contributed by atoms with Crippen molar-refractivity contribution in [1.29, 1.82) is 0 Å². The summed E-state index contributed by atoms with van der Waals surface area (Å²) in [5.74, 6) is -0.0986. The minimum atomic E-state index is -0.908. The quantitative estimate of drug-likeness (QED) is 0.730. The Balaban J connectivity index is 1.65. The summed E-state index contributed by atoms with van der Waals surface area (Å²) in [6, 6.07) is 0. The van der Waals surface area contributed by atoms with Crippen LogP contribution in [-0.4, -0.2) is 34.4 Å². The summed E-state index contributed by atoms with van der Waals surface area (Å²) in [5, 5.41) is 21.3. The molecule has 4 aliphatic rings. The lowest BCUT2D eigenvalue weighted by atomic mass is 9.41. The van der Waals surface area contributed by atoms with Crippen molar-refractivity contribution < 1.29 is 24.5 Å². The minimum absolute atomic E-state index is 0.0291. The first-order valence-corrected chi connectivity index (χ1v) is 10.6. The van der Waals surface area contributed by atoms with E-state index in [0.717, 1.165) is 51.4 Å². The highest BCUT2D eigenvalue weighted by molar-refractivity contribution is 5.75. The molecule has 0 radical (unpaired) electrons. The molecule has 2 N–H and O–H groups in total. The minimum Gasteiger partial charge on any atom is -0.481 e. The maximum absolute atomic E-state index is 12.2. The summed E-state index contributed by atoms with van der Waals surface area (Å²) in [5.41, 5.74) is -1.42. The van der Waals surface area contributed by atoms with Crippen LogP contribution in [0.3, 0.4) is 0 Å². The Hall–Kier alpha value is -1.10. The van der Waals surface area contributed by atoms with Crippen LogP contribution >= 0.6 is 0 Å². The first kappa shape index (κ1) is 19.2. The number of carbonyl (C=O) groups excluding carboxylic acids is 1. The third kappa shape index (κ3) is 2.60. The van der Waals surface area contributed by atoms with Crippen LogP contribution in [0.15, 0.2) is 0 Å². The molecule has 27 heavy (non-hydrogen) atoms. The lowest BCUT2D eigenvalue weighted by Crippen LogP contribution is -2.58. The van der Waals surface area contributed by atoms with E-state index in [1.54, 1.807) is 0 Å². The molecule has 4 fully saturated rings. The van der Waals surface area contributed by atoms with Crippen molar-refractivity contribution in [1.82, 2.24) is 0 Å². The van der Waals surface area contributed by atoms with Crippen molar-refractivity contribution >= 4 is 11.9 Å². The zero-order valence-electron chi connectivity index (χ0n) is 16.9. The molecule has 0 heterocycles. The smallest absolute Gasteiger partial charge is 0.309 e. The van der Waals surface area contributed by atoms with Gasteiger partial charge in [0.05, 0.1) is 5.41 Å². The number of carboxylic acid groups (broad SMARTS) is 1. The predicted molar refractivity (Wildman–Crippen MR) is 99.9 cm³/mol. The van der Waals surface area contributed by atoms with Crippen LogP contribution in [-0.2, 0) is 14.3 Å². The SMILES string of the molecule is CC(=O)OCC1(O)CC23CCC4C(C)(C(=O)O)CCCC4(C)C2CCC1C3. The summed E-state index contributed by atoms with van der Waals surface area (Å²) < 4.78 is 5.24. The Morgan fingerprint density at radius 3 is 2.48 bits per heavy atom. The van der Waals surface area contributed by atoms with Crippen LogP contribution in [0.5, 0.6) is 0 Å². The normalized spacial score (nSPS) is 51.2. The van der Waals surface area contributed by atoms with Gasteiger partial charge in [-0.1, -0.05) is 13.3 Å². The first-order valence-electron chi connectivity index (χ1n) is 10.6. The molecule has 2 bridgehead atoms. The van der Waals surface area contributed by atoms with Crippen LogP contribution in [0.4, 0.5) is 0 Å². The maximum Gasteiger partial charge on any atom is 0.309 e. The van der Waals surface area contributed by atoms with E-state index < -0.39 is 17.0 Å². The van der Waals surface area contributed by atoms with E-state index >= 15 is 0 Å². The Morgan fingerprint density at radius 2 is 1.81 bits per heavy atom. The van der Waals surface area contributed by atoms with E-state index in [1.165, 1.54) is 6.92 Å². The third-order valence-corrected chi connectivity index (χ3v) is 9.33. The number of esters is 1. The van der Waals surface area contributed by atoms with Gasteiger partial charge in [-0.3, -0.25) is 9.59 Å². The van der Waals surface area contributed by atoms with Crippen molar-refractivity contribution in [3.8, 4) is 0 Å². The van der Waals surface area contributed by atoms with Gasteiger partial charge >= 0.3 is 11.9 Å². The molecule has 1 spiro atoms. The molecule has 4 saturated carbocycles. The maximum atomic E-state index is 12.2. The highest BCUT2D eigenvalue weighted by Crippen LogP contribution is 2.72. The summed E-state index contributed by atoms with van der Waals surface area (Å²) in [4.78, 5) is 23.5. The van der Waals surface area contributed by atoms with Crippen LogP contribution in [0.2, 0.25) is 0 Å². The van der Waals surface area contributed by atoms with E-state index in [4.69, 9.17) is 4.74 Å². The Bertz CT molecular complexity index is 661. The second-order valence-corrected chi connectivity index (χ2v) is 10.6. The van der Waals surface area contributed by atoms with Crippen LogP contribution in [0.25, 0.3) is 0 Å². The van der Waals surface area contributed by atoms with Crippen molar-refractivity contribution in [2.45, 2.75) is 84.2 Å². The molecule has 7 unspecified atom stereocenters. The molecule has 0 aromatic heterocycles. The number of fused-ring (bicyclic) bond motifs is 3. The molecule has 0 saturated heterocycles. The number of rotatable bonds is 3. The molecule has 5 nitrogen and oxygen atoms in total. The number of carboxylic acids is 1. The molecule has 0 amide bonds. The number of ether oxygens (including phenoxy) is 1. The lowest BCUT2D eigenvalue weighted by molar-refractivity contribution is -0.181. The molecular formula is C22H34O5. The second kappa shape index (κ2) is 5.95. The van der Waals surface area contributed by atoms with Crippen LogP contribution in [0, 0.1) is 34.0 Å². The van der Waals surface area contributed by atoms with Gasteiger partial charge in [-0.2, -0.15) is 0 Å². The molecule has 0 aromatic rings. The standard InChI is InChI=1S/C22H34O5/c1-14(23)27-13-22(26)12-21-10-7-16-19(2,17(21)6-5-15(22)11-21)8-4-9-20(16,3)18(24)25/h15-17,26H,4-13H2,1-3H3,(H,24,25). The Morgan fingerprint density at radius 1 is 1.07 bits per heavy atom. The van der Waals surface area contributed by atoms with Crippen molar-refractivity contribution in [2.75, 3.05) is 6.61 Å². The molecule has 5 heteroatoms. The lowest BCUT2D eigenvalue weighted by Gasteiger charge is -2.63. The Labute approximate surface area is 161 Å². The second-order valence-electron chi connectivity index (χ2n) is 10.6. The molecule has 4 aliphatic carbocycles. The van der Waals surface area contributed by atoms with Crippen LogP contribution < -0.4 is 0 Å². The zero-order chi connectivity index (χ0) is 19.7. The number of aliphatic hydroxyl groups is 1. The van der Waals surface area contributed by atoms with Crippen LogP contribution in [0.1, 0.15) is 78.6 Å². The molecule has 0 aromatic carbocycles. The van der Waals surface area contributed by atoms with Crippen molar-refractivity contribution in [2.24, 2.45) is 34.0 Å². The van der Waals surface area contributed by atoms with Gasteiger partial charge in [0.2, 0.25) is 0 Å². The average molecular weight is 379 g/mol. The fraction of sp³-hybridized carbons (Fsp3) is 0.909. The van der Waals surface area contributed by atoms with Gasteiger partial charge in [0, 0.05) is 6.92 Å². The summed E-state index contributed by atoms with van der Waals surface area (Å²) in [6.07, 6.45) is 8.51. The molecular weight excluding hydrogens is 344 g/mol. The van der Waals surface area contributed by atoms with E-state index in [-0.39, 0.29) is 35.2 Å². The van der Waals surface area contributed by atoms with Gasteiger partial charge in [0.25, 0.3) is 0 Å². The van der Waals surface area contributed by atoms with E-state index in [2.05, 4.69) is 6.92 Å². The Kier molecular flexibility index (Phi) is 4.24. The topological polar surface area (TPSA) is 83.8 Å². The molecule has 152 valence electrons. The highest BCUT2D eigenvalue weighted by atomic mass is 16.5. The number of aliphatic carboxylic acids is 1. The fourth-order valence-electron chi connectivity index (χ4n) is 8.27. The first-order chi connectivity index (χ1) is 12.6. The monoisotopic (exact) mass is 378 g/mol.